The van der Waals surface area contributed by atoms with Gasteiger partial charge in [0.2, 0.25) is 0 Å². The van der Waals surface area contributed by atoms with Crippen LogP contribution in [-0.2, 0) is 19.8 Å². The summed E-state index contributed by atoms with van der Waals surface area (Å²) in [4.78, 5) is 3.16. The Morgan fingerprint density at radius 3 is 3.00 bits per heavy atom. The normalized spacial score (nSPS) is 6.29. The van der Waals surface area contributed by atoms with Crippen LogP contribution in [-0.4, -0.2) is 4.76 Å². The van der Waals surface area contributed by atoms with Crippen molar-refractivity contribution in [2.45, 2.75) is 6.92 Å². The summed E-state index contributed by atoms with van der Waals surface area (Å²) >= 11 is 0.00386. The van der Waals surface area contributed by atoms with Crippen molar-refractivity contribution in [2.24, 2.45) is 0 Å². The minimum atomic E-state index is 0.00386. The van der Waals surface area contributed by atoms with Crippen LogP contribution in [0.2, 0.25) is 0 Å². The molecule has 0 amide bonds. The summed E-state index contributed by atoms with van der Waals surface area (Å²) in [5.74, 6) is 2.75. The van der Waals surface area contributed by atoms with E-state index in [-0.39, 0.29) is 19.8 Å². The molecule has 0 heterocycles. The summed E-state index contributed by atoms with van der Waals surface area (Å²) in [6, 6.07) is 0. The summed E-state index contributed by atoms with van der Waals surface area (Å²) < 4.78 is 3.52. The van der Waals surface area contributed by atoms with Crippen molar-refractivity contribution >= 4 is 0 Å². The maximum absolute atomic E-state index is 6.36. The third kappa shape index (κ3) is 5.79. The number of hydrogen-bond donors (Lipinski definition) is 0. The van der Waals surface area contributed by atoms with Crippen LogP contribution in [0, 0.1) is 16.6 Å². The predicted molar refractivity (Wildman–Crippen MR) is 24.9 cm³/mol. The fraction of sp³-hybridized carbons (Fsp3) is 0.400. The SMILES string of the molecule is [C-]#[N+][CH2][Au+][C]#CC. The molecule has 0 rings (SSSR count). The molecule has 40 valence electrons. The summed E-state index contributed by atoms with van der Waals surface area (Å²) in [5, 5.41) is 0. The predicted octanol–water partition coefficient (Wildman–Crippen LogP) is 0.926. The van der Waals surface area contributed by atoms with E-state index < -0.39 is 0 Å². The zero-order chi connectivity index (χ0) is 5.54. The molecule has 2 heteroatoms. The molecule has 7 heavy (non-hydrogen) atoms. The molecule has 0 N–H and O–H groups in total. The van der Waals surface area contributed by atoms with Crippen LogP contribution >= 0.6 is 0 Å². The van der Waals surface area contributed by atoms with Gasteiger partial charge < -0.3 is 0 Å². The molecule has 0 aliphatic heterocycles. The van der Waals surface area contributed by atoms with Crippen molar-refractivity contribution in [3.05, 3.63) is 11.4 Å². The second-order valence-electron chi connectivity index (χ2n) is 0.685. The average Bonchev–Trinajstić information content (AvgIpc) is 1.69. The third-order valence-corrected chi connectivity index (χ3v) is 1.83. The van der Waals surface area contributed by atoms with Crippen molar-refractivity contribution in [3.8, 4) is 10.1 Å². The first-order valence-electron chi connectivity index (χ1n) is 1.65. The maximum atomic E-state index is 6.36. The molecule has 0 aromatic heterocycles. The standard InChI is InChI=1S/C3H3.C2H2N.Au/c2*1-3-2;/h1H3;1H2;/q;;+1. The Morgan fingerprint density at radius 1 is 1.86 bits per heavy atom. The molecule has 0 fully saturated rings. The molecule has 0 bridgehead atoms. The van der Waals surface area contributed by atoms with E-state index >= 15 is 0 Å². The van der Waals surface area contributed by atoms with Crippen molar-refractivity contribution in [3.63, 3.8) is 0 Å². The summed E-state index contributed by atoms with van der Waals surface area (Å²) in [6.07, 6.45) is 0. The van der Waals surface area contributed by atoms with Gasteiger partial charge in [0, 0.05) is 0 Å². The monoisotopic (exact) mass is 276 g/mol. The van der Waals surface area contributed by atoms with Crippen LogP contribution in [0.15, 0.2) is 0 Å². The van der Waals surface area contributed by atoms with Gasteiger partial charge in [0.1, 0.15) is 0 Å². The molecule has 0 saturated carbocycles. The van der Waals surface area contributed by atoms with Crippen LogP contribution in [0.1, 0.15) is 6.92 Å². The molecule has 0 saturated heterocycles. The second kappa shape index (κ2) is 5.79. The van der Waals surface area contributed by atoms with E-state index in [0.29, 0.717) is 4.76 Å². The molecule has 0 radical (unpaired) electrons. The van der Waals surface area contributed by atoms with Gasteiger partial charge in [0.25, 0.3) is 0 Å². The molecule has 1 nitrogen and oxygen atoms in total. The van der Waals surface area contributed by atoms with E-state index in [1.807, 2.05) is 0 Å². The Balaban J connectivity index is 2.98. The van der Waals surface area contributed by atoms with Crippen LogP contribution in [0.5, 0.6) is 0 Å². The van der Waals surface area contributed by atoms with Crippen molar-refractivity contribution < 1.29 is 19.8 Å². The topological polar surface area (TPSA) is 4.36 Å². The van der Waals surface area contributed by atoms with Crippen molar-refractivity contribution in [2.75, 3.05) is 4.76 Å². The first-order valence-corrected chi connectivity index (χ1v) is 4.27. The first-order chi connectivity index (χ1) is 3.41. The van der Waals surface area contributed by atoms with E-state index in [1.165, 1.54) is 0 Å². The van der Waals surface area contributed by atoms with Gasteiger partial charge in [-0.3, -0.25) is 0 Å². The average molecular weight is 276 g/mol. The van der Waals surface area contributed by atoms with Gasteiger partial charge in [0.05, 0.1) is 0 Å². The summed E-state index contributed by atoms with van der Waals surface area (Å²) in [7, 11) is 0. The first kappa shape index (κ1) is 6.79. The van der Waals surface area contributed by atoms with Gasteiger partial charge in [-0.15, -0.1) is 0 Å². The molecule has 0 aromatic rings. The summed E-state index contributed by atoms with van der Waals surface area (Å²) in [6.45, 7) is 8.17. The van der Waals surface area contributed by atoms with Gasteiger partial charge in [-0.2, -0.15) is 0 Å². The number of nitrogens with zero attached hydrogens (tertiary/aromatic N) is 1. The molecule has 0 unspecified atom stereocenters. The fourth-order valence-electron chi connectivity index (χ4n) is 0.101. The van der Waals surface area contributed by atoms with Crippen LogP contribution in [0.25, 0.3) is 4.85 Å². The molecular formula is C5H5AuN+. The van der Waals surface area contributed by atoms with E-state index in [9.17, 15) is 0 Å². The summed E-state index contributed by atoms with van der Waals surface area (Å²) in [5.41, 5.74) is 0. The fourth-order valence-corrected chi connectivity index (χ4v) is 0.827. The Labute approximate surface area is 53.2 Å². The van der Waals surface area contributed by atoms with Crippen LogP contribution in [0.4, 0.5) is 0 Å². The van der Waals surface area contributed by atoms with E-state index in [0.717, 1.165) is 0 Å². The van der Waals surface area contributed by atoms with Crippen LogP contribution < -0.4 is 0 Å². The van der Waals surface area contributed by atoms with E-state index in [4.69, 9.17) is 6.57 Å². The van der Waals surface area contributed by atoms with Gasteiger partial charge >= 0.3 is 52.9 Å². The Morgan fingerprint density at radius 2 is 2.57 bits per heavy atom. The van der Waals surface area contributed by atoms with Gasteiger partial charge in [-0.25, -0.2) is 0 Å². The van der Waals surface area contributed by atoms with Crippen molar-refractivity contribution in [1.82, 2.24) is 0 Å². The Hall–Kier alpha value is -0.210. The second-order valence-corrected chi connectivity index (χ2v) is 2.68. The third-order valence-electron chi connectivity index (χ3n) is 0.224. The molecule has 0 atom stereocenters. The molecule has 0 aliphatic rings. The quantitative estimate of drug-likeness (QED) is 0.290. The Bertz CT molecular complexity index is 123. The van der Waals surface area contributed by atoms with E-state index in [2.05, 4.69) is 14.9 Å². The zero-order valence-corrected chi connectivity index (χ0v) is 6.12. The van der Waals surface area contributed by atoms with E-state index in [1.54, 1.807) is 6.92 Å². The molecule has 0 aromatic carbocycles. The Kier molecular flexibility index (Phi) is 5.62. The number of hydrogen-bond acceptors (Lipinski definition) is 0. The van der Waals surface area contributed by atoms with Gasteiger partial charge in [-0.1, -0.05) is 0 Å². The van der Waals surface area contributed by atoms with Gasteiger partial charge in [0.15, 0.2) is 0 Å². The molecular weight excluding hydrogens is 271 g/mol. The van der Waals surface area contributed by atoms with Crippen LogP contribution in [0.3, 0.4) is 0 Å². The van der Waals surface area contributed by atoms with Gasteiger partial charge in [-0.05, 0) is 0 Å². The number of rotatable bonds is 1. The van der Waals surface area contributed by atoms with Crippen molar-refractivity contribution in [1.29, 1.82) is 0 Å². The molecule has 0 aliphatic carbocycles. The molecule has 0 spiro atoms. The minimum absolute atomic E-state index is 0.00386. The zero-order valence-electron chi connectivity index (χ0n) is 3.96.